The standard InChI is InChI=1S/C78H109N13O25S3/c1-9-17-64(98)115-42-91(72(104)65(44(5)10-2)87-70(103)59-21-14-16-31-90(59)8)60(43(3)4)39-61(116-46(7)92)71-83-57(40-117-71)69(102)80-51(36-47-23-26-52(93)27-24-47)34-45(6)66(99)88-89-78(113)114-32-33-118-119-41-58(75(109)110)82-67(100)55(37-48-22-25-49-18-11-12-19-50(49)35-48)81-68(101)56(38-63(96)97)86-76(111)79-30-15-13-20-53(73(105)106)84-77(112)85-54(74(107)108)28-29-62(94)95/h11-12,18-19,22-27,35,40,43-45,51,53-56,58-61,65,93H,9-10,13-17,20-21,28-34,36-39,41-42H2,1-8H3,(H,80,102)(H,81,101)(H,82,100)(H,87,103)(H,88,99)(H,89,113)(H,94,95)(H,96,97)(H,105,106)(H,107,108)(H,109,110)(H2,79,86,111)(H2,84,85,112)/t44?,45-,51+,53-,54-,55-,56-,58-,59+,60+,61+,65-/m0/s1. The number of fused-ring (bicyclic) bond motifs is 1. The first kappa shape index (κ1) is 98.5. The minimum atomic E-state index is -1.83. The number of ether oxygens (including phenoxy) is 3. The number of unbranched alkanes of at least 4 members (excludes halogenated alkanes) is 1. The van der Waals surface area contributed by atoms with Crippen molar-refractivity contribution >= 4 is 139 Å². The fourth-order valence-corrected chi connectivity index (χ4v) is 15.5. The molecule has 1 aromatic heterocycles. The number of carboxylic acids is 5. The third kappa shape index (κ3) is 34.8. The number of rotatable bonds is 50. The predicted octanol–water partition coefficient (Wildman–Crippen LogP) is 5.35. The molecule has 16 N–H and O–H groups in total. The zero-order valence-electron chi connectivity index (χ0n) is 67.5. The van der Waals surface area contributed by atoms with Crippen LogP contribution in [0.15, 0.2) is 72.1 Å². The van der Waals surface area contributed by atoms with Crippen molar-refractivity contribution in [3.63, 3.8) is 0 Å². The molecule has 41 heteroatoms. The minimum Gasteiger partial charge on any atom is -0.508 e. The first-order chi connectivity index (χ1) is 56.5. The molecule has 2 heterocycles. The Morgan fingerprint density at radius 3 is 1.93 bits per heavy atom. The maximum Gasteiger partial charge on any atom is 0.426 e. The van der Waals surface area contributed by atoms with Gasteiger partial charge in [0.25, 0.3) is 5.91 Å². The van der Waals surface area contributed by atoms with Crippen LogP contribution < -0.4 is 53.4 Å². The first-order valence-electron chi connectivity index (χ1n) is 38.9. The van der Waals surface area contributed by atoms with Gasteiger partial charge >= 0.3 is 59.9 Å². The van der Waals surface area contributed by atoms with Crippen LogP contribution >= 0.6 is 32.9 Å². The SMILES string of the molecule is CCCC(=O)OCN(C(=O)[C@@H](NC(=O)[C@H]1CCCCN1C)C(C)CC)[C@H](C[C@@H](OC(C)=O)c1nc(C(=O)N[C@@H](Cc2ccc(O)cc2)C[C@H](C)C(=O)NNC(=O)OCCSSC[C@H](NC(=O)[C@H](Cc2ccc3ccccc3c2)NC(=O)[C@H](CC(=O)O)NC(=O)NCCCC[C@H](NC(=O)N[C@@H](CCC(=O)O)C(=O)O)C(=O)O)C(=O)O)cs1)C(C)C. The Balaban J connectivity index is 1.17. The second-order valence-electron chi connectivity index (χ2n) is 29.0. The van der Waals surface area contributed by atoms with E-state index in [1.807, 2.05) is 51.0 Å². The number of esters is 2. The quantitative estimate of drug-likeness (QED) is 0.00661. The normalized spacial score (nSPS) is 15.4. The van der Waals surface area contributed by atoms with Crippen LogP contribution in [-0.4, -0.2) is 240 Å². The molecule has 0 saturated carbocycles. The topological polar surface area (TPSA) is 562 Å². The molecule has 5 rings (SSSR count). The largest absolute Gasteiger partial charge is 0.508 e. The summed E-state index contributed by atoms with van der Waals surface area (Å²) in [7, 11) is 3.86. The molecule has 1 unspecified atom stereocenters. The molecule has 0 spiro atoms. The number of carboxylic acid groups (broad SMARTS) is 5. The Kier molecular flexibility index (Phi) is 41.9. The van der Waals surface area contributed by atoms with Crippen molar-refractivity contribution in [2.75, 3.05) is 45.0 Å². The maximum absolute atomic E-state index is 15.0. The van der Waals surface area contributed by atoms with Gasteiger partial charge in [0.05, 0.1) is 12.5 Å². The molecular weight excluding hydrogens is 1620 g/mol. The van der Waals surface area contributed by atoms with Crippen molar-refractivity contribution in [1.29, 1.82) is 0 Å². The number of aromatic nitrogens is 1. The number of carbonyl (C=O) groups is 16. The van der Waals surface area contributed by atoms with E-state index in [-0.39, 0.29) is 110 Å². The highest BCUT2D eigenvalue weighted by Gasteiger charge is 2.41. The number of benzene rings is 3. The lowest BCUT2D eigenvalue weighted by molar-refractivity contribution is -0.160. The summed E-state index contributed by atoms with van der Waals surface area (Å²) in [6.07, 6.45) is -1.21. The Morgan fingerprint density at radius 2 is 1.30 bits per heavy atom. The summed E-state index contributed by atoms with van der Waals surface area (Å²) < 4.78 is 16.8. The fourth-order valence-electron chi connectivity index (χ4n) is 12.6. The molecule has 1 aliphatic rings. The van der Waals surface area contributed by atoms with E-state index in [4.69, 9.17) is 19.3 Å². The maximum atomic E-state index is 15.0. The van der Waals surface area contributed by atoms with Gasteiger partial charge in [-0.25, -0.2) is 39.2 Å². The summed E-state index contributed by atoms with van der Waals surface area (Å²) >= 11 is 1.01. The van der Waals surface area contributed by atoms with E-state index >= 15 is 4.79 Å². The van der Waals surface area contributed by atoms with Gasteiger partial charge in [0, 0.05) is 74.0 Å². The predicted molar refractivity (Wildman–Crippen MR) is 436 cm³/mol. The van der Waals surface area contributed by atoms with Gasteiger partial charge in [0.2, 0.25) is 29.5 Å². The number of hydrazine groups is 1. The van der Waals surface area contributed by atoms with Crippen LogP contribution in [0.25, 0.3) is 10.8 Å². The van der Waals surface area contributed by atoms with Gasteiger partial charge in [0.15, 0.2) is 12.8 Å². The number of aliphatic carboxylic acids is 5. The van der Waals surface area contributed by atoms with E-state index in [2.05, 4.69) is 53.1 Å². The van der Waals surface area contributed by atoms with E-state index in [9.17, 15) is 97.5 Å². The van der Waals surface area contributed by atoms with Gasteiger partial charge < -0.3 is 92.3 Å². The Labute approximate surface area is 699 Å². The fraction of sp³-hybridized carbons (Fsp3) is 0.551. The highest BCUT2D eigenvalue weighted by Crippen LogP contribution is 2.33. The van der Waals surface area contributed by atoms with Gasteiger partial charge in [-0.3, -0.25) is 58.3 Å². The number of phenolic OH excluding ortho intramolecular Hbond substituents is 1. The number of piperidine rings is 1. The smallest absolute Gasteiger partial charge is 0.426 e. The van der Waals surface area contributed by atoms with Crippen LogP contribution in [-0.2, 0) is 84.6 Å². The number of likely N-dealkylation sites (tertiary alicyclic amines) is 1. The number of likely N-dealkylation sites (N-methyl/N-ethyl adjacent to an activating group) is 1. The van der Waals surface area contributed by atoms with E-state index in [0.29, 0.717) is 36.9 Å². The van der Waals surface area contributed by atoms with Crippen LogP contribution in [0.2, 0.25) is 0 Å². The zero-order valence-corrected chi connectivity index (χ0v) is 69.9. The number of hydrogen-bond acceptors (Lipinski definition) is 25. The van der Waals surface area contributed by atoms with Gasteiger partial charge in [-0.15, -0.1) is 11.3 Å². The van der Waals surface area contributed by atoms with E-state index in [1.165, 1.54) is 36.3 Å². The second-order valence-corrected chi connectivity index (χ2v) is 32.6. The molecule has 119 heavy (non-hydrogen) atoms. The molecule has 1 fully saturated rings. The monoisotopic (exact) mass is 1720 g/mol. The van der Waals surface area contributed by atoms with Crippen LogP contribution in [0.3, 0.4) is 0 Å². The number of phenols is 1. The minimum absolute atomic E-state index is 0.0257. The Morgan fingerprint density at radius 1 is 0.655 bits per heavy atom. The lowest BCUT2D eigenvalue weighted by Gasteiger charge is -2.39. The van der Waals surface area contributed by atoms with Crippen molar-refractivity contribution in [2.45, 2.75) is 212 Å². The van der Waals surface area contributed by atoms with Crippen molar-refractivity contribution in [2.24, 2.45) is 17.8 Å². The summed E-state index contributed by atoms with van der Waals surface area (Å²) in [4.78, 5) is 216. The van der Waals surface area contributed by atoms with Crippen molar-refractivity contribution < 1.29 is 122 Å². The molecule has 654 valence electrons. The molecule has 12 atom stereocenters. The highest BCUT2D eigenvalue weighted by atomic mass is 33.1. The zero-order chi connectivity index (χ0) is 88.0. The lowest BCUT2D eigenvalue weighted by Crippen LogP contribution is -2.59. The highest BCUT2D eigenvalue weighted by molar-refractivity contribution is 8.76. The van der Waals surface area contributed by atoms with E-state index in [1.54, 1.807) is 55.5 Å². The summed E-state index contributed by atoms with van der Waals surface area (Å²) in [6, 6.07) is 4.92. The van der Waals surface area contributed by atoms with Gasteiger partial charge in [0.1, 0.15) is 59.3 Å². The number of nitrogens with one attached hydrogen (secondary N) is 10. The van der Waals surface area contributed by atoms with Crippen LogP contribution in [0, 0.1) is 17.8 Å². The van der Waals surface area contributed by atoms with E-state index in [0.717, 1.165) is 56.5 Å². The lowest BCUT2D eigenvalue weighted by atomic mass is 9.92. The number of thiazole rings is 1. The summed E-state index contributed by atoms with van der Waals surface area (Å²) in [5.74, 6) is -14.9. The molecule has 11 amide bonds. The average Bonchev–Trinajstić information content (AvgIpc) is 1.79. The van der Waals surface area contributed by atoms with Gasteiger partial charge in [-0.05, 0) is 117 Å². The number of carbonyl (C=O) groups excluding carboxylic acids is 11. The molecule has 0 radical (unpaired) electrons. The van der Waals surface area contributed by atoms with E-state index < -0.39 is 182 Å². The number of aromatic hydroxyl groups is 1. The molecule has 0 bridgehead atoms. The number of amides is 11. The summed E-state index contributed by atoms with van der Waals surface area (Å²) in [5.41, 5.74) is 5.52. The number of hydrogen-bond donors (Lipinski definition) is 16. The first-order valence-corrected chi connectivity index (χ1v) is 42.3. The van der Waals surface area contributed by atoms with Crippen molar-refractivity contribution in [1.82, 2.24) is 68.2 Å². The second kappa shape index (κ2) is 50.6. The molecule has 3 aromatic carbocycles. The molecule has 1 saturated heterocycles. The molecule has 1 aliphatic heterocycles. The molecule has 4 aromatic rings. The van der Waals surface area contributed by atoms with Crippen molar-refractivity contribution in [3.8, 4) is 5.75 Å². The van der Waals surface area contributed by atoms with Gasteiger partial charge in [-0.1, -0.05) is 131 Å². The van der Waals surface area contributed by atoms with Crippen LogP contribution in [0.5, 0.6) is 5.75 Å². The summed E-state index contributed by atoms with van der Waals surface area (Å²) in [6.45, 7) is 11.8. The molecular formula is C78H109N13O25S3. The molecule has 38 nitrogen and oxygen atoms in total. The third-order valence-corrected chi connectivity index (χ3v) is 22.6. The third-order valence-electron chi connectivity index (χ3n) is 19.3. The summed E-state index contributed by atoms with van der Waals surface area (Å²) in [5, 5.41) is 80.7. The van der Waals surface area contributed by atoms with Crippen LogP contribution in [0.4, 0.5) is 14.4 Å². The Hall–Kier alpha value is -11.1. The number of urea groups is 2. The Bertz CT molecular complexity index is 4140. The van der Waals surface area contributed by atoms with Crippen molar-refractivity contribution in [3.05, 3.63) is 93.9 Å². The average molecular weight is 1720 g/mol. The van der Waals surface area contributed by atoms with Gasteiger partial charge in [-0.2, -0.15) is 0 Å². The molecule has 0 aliphatic carbocycles. The number of nitrogens with zero attached hydrogens (tertiary/aromatic N) is 3. The van der Waals surface area contributed by atoms with Crippen LogP contribution in [0.1, 0.15) is 171 Å².